The van der Waals surface area contributed by atoms with Crippen LogP contribution in [0.5, 0.6) is 0 Å². The molecular weight excluding hydrogens is 318 g/mol. The Labute approximate surface area is 149 Å². The number of non-ortho nitro benzene ring substituents is 1. The Balaban J connectivity index is 2.01. The number of amides is 1. The molecule has 25 heavy (non-hydrogen) atoms. The molecule has 6 heteroatoms. The highest BCUT2D eigenvalue weighted by Gasteiger charge is 2.50. The highest BCUT2D eigenvalue weighted by Crippen LogP contribution is 2.41. The lowest BCUT2D eigenvalue weighted by atomic mass is 9.74. The summed E-state index contributed by atoms with van der Waals surface area (Å²) in [6.45, 7) is 2.73. The van der Waals surface area contributed by atoms with Gasteiger partial charge < -0.3 is 0 Å². The molecule has 0 radical (unpaired) electrons. The number of hydrogen-bond acceptors (Lipinski definition) is 4. The molecule has 1 amide bonds. The van der Waals surface area contributed by atoms with Gasteiger partial charge in [-0.2, -0.15) is 0 Å². The molecule has 2 fully saturated rings. The maximum absolute atomic E-state index is 12.8. The Morgan fingerprint density at radius 3 is 2.44 bits per heavy atom. The largest absolute Gasteiger partial charge is 0.315 e. The summed E-state index contributed by atoms with van der Waals surface area (Å²) in [5, 5.41) is 11.0. The number of benzene rings is 1. The summed E-state index contributed by atoms with van der Waals surface area (Å²) < 4.78 is 0.226. The fourth-order valence-electron chi connectivity index (χ4n) is 5.02. The van der Waals surface area contributed by atoms with Gasteiger partial charge in [-0.05, 0) is 45.2 Å². The van der Waals surface area contributed by atoms with Gasteiger partial charge in [0.2, 0.25) is 0 Å². The maximum Gasteiger partial charge on any atom is 0.315 e. The molecule has 2 aliphatic rings. The third-order valence-electron chi connectivity index (χ3n) is 6.46. The molecule has 0 N–H and O–H groups in total. The number of quaternary nitrogens is 1. The molecule has 3 rings (SSSR count). The molecule has 1 saturated heterocycles. The lowest BCUT2D eigenvalue weighted by Gasteiger charge is -2.51. The minimum absolute atomic E-state index is 0.0650. The van der Waals surface area contributed by atoms with E-state index in [1.807, 2.05) is 7.05 Å². The van der Waals surface area contributed by atoms with Crippen LogP contribution in [0.2, 0.25) is 0 Å². The van der Waals surface area contributed by atoms with Crippen LogP contribution >= 0.6 is 0 Å². The van der Waals surface area contributed by atoms with Crippen LogP contribution in [0.1, 0.15) is 39.0 Å². The highest BCUT2D eigenvalue weighted by molar-refractivity contribution is 5.87. The number of nitro groups is 1. The van der Waals surface area contributed by atoms with Gasteiger partial charge in [-0.1, -0.05) is 0 Å². The van der Waals surface area contributed by atoms with Crippen LogP contribution in [0, 0.1) is 16.0 Å². The van der Waals surface area contributed by atoms with E-state index in [9.17, 15) is 14.9 Å². The zero-order chi connectivity index (χ0) is 18.2. The minimum Gasteiger partial charge on any atom is -0.298 e. The second kappa shape index (κ2) is 6.84. The van der Waals surface area contributed by atoms with Crippen molar-refractivity contribution >= 4 is 17.3 Å². The van der Waals surface area contributed by atoms with Crippen LogP contribution in [0.25, 0.3) is 0 Å². The number of fused-ring (bicyclic) bond motifs is 1. The van der Waals surface area contributed by atoms with Gasteiger partial charge in [0.05, 0.1) is 24.9 Å². The Bertz CT molecular complexity index is 658. The molecule has 1 aliphatic carbocycles. The zero-order valence-corrected chi connectivity index (χ0v) is 15.4. The minimum atomic E-state index is -0.395. The molecule has 1 aromatic rings. The zero-order valence-electron chi connectivity index (χ0n) is 15.4. The summed E-state index contributed by atoms with van der Waals surface area (Å²) in [5.41, 5.74) is 0.915. The SMILES string of the molecule is CC(=O)[N+](C)(c1ccc([N+](=O)[O-])cc1)C1CCCC2CCCN(C)C21. The fourth-order valence-corrected chi connectivity index (χ4v) is 5.02. The lowest BCUT2D eigenvalue weighted by molar-refractivity contribution is -0.384. The molecule has 1 saturated carbocycles. The van der Waals surface area contributed by atoms with Gasteiger partial charge in [-0.15, -0.1) is 0 Å². The van der Waals surface area contributed by atoms with Crippen LogP contribution in [-0.2, 0) is 4.79 Å². The van der Waals surface area contributed by atoms with E-state index in [0.29, 0.717) is 12.0 Å². The van der Waals surface area contributed by atoms with Crippen molar-refractivity contribution in [1.82, 2.24) is 9.38 Å². The first-order valence-corrected chi connectivity index (χ1v) is 9.18. The predicted molar refractivity (Wildman–Crippen MR) is 98.3 cm³/mol. The average Bonchev–Trinajstić information content (AvgIpc) is 2.60. The predicted octanol–water partition coefficient (Wildman–Crippen LogP) is 3.34. The standard InChI is InChI=1S/C19H28N3O3/c1-14(23)22(3,17-11-9-16(10-12-17)21(24)25)18-8-4-6-15-7-5-13-20(2)19(15)18/h9-12,15,18-19H,4-8,13H2,1-3H3/q+1. The molecule has 0 bridgehead atoms. The van der Waals surface area contributed by atoms with Crippen molar-refractivity contribution in [3.63, 3.8) is 0 Å². The molecule has 6 nitrogen and oxygen atoms in total. The van der Waals surface area contributed by atoms with E-state index in [-0.39, 0.29) is 22.1 Å². The number of likely N-dealkylation sites (tertiary alicyclic amines) is 1. The van der Waals surface area contributed by atoms with E-state index in [2.05, 4.69) is 11.9 Å². The Kier molecular flexibility index (Phi) is 4.93. The molecule has 0 spiro atoms. The van der Waals surface area contributed by atoms with E-state index >= 15 is 0 Å². The van der Waals surface area contributed by atoms with Crippen molar-refractivity contribution in [2.45, 2.75) is 51.1 Å². The Hall–Kier alpha value is -1.79. The average molecular weight is 346 g/mol. The normalized spacial score (nSPS) is 29.5. The first-order valence-electron chi connectivity index (χ1n) is 9.18. The number of nitrogens with zero attached hydrogens (tertiary/aromatic N) is 3. The molecule has 4 unspecified atom stereocenters. The molecule has 1 heterocycles. The van der Waals surface area contributed by atoms with Crippen LogP contribution in [-0.4, -0.2) is 48.5 Å². The van der Waals surface area contributed by atoms with Crippen LogP contribution < -0.4 is 4.48 Å². The quantitative estimate of drug-likeness (QED) is 0.478. The topological polar surface area (TPSA) is 63.4 Å². The van der Waals surface area contributed by atoms with Gasteiger partial charge >= 0.3 is 5.91 Å². The summed E-state index contributed by atoms with van der Waals surface area (Å²) in [7, 11) is 4.16. The molecule has 1 aliphatic heterocycles. The van der Waals surface area contributed by atoms with Gasteiger partial charge in [0, 0.05) is 30.7 Å². The highest BCUT2D eigenvalue weighted by atomic mass is 16.6. The number of carbonyl (C=O) groups is 1. The first kappa shape index (κ1) is 18.0. The summed E-state index contributed by atoms with van der Waals surface area (Å²) in [6, 6.07) is 7.13. The fraction of sp³-hybridized carbons (Fsp3) is 0.632. The Morgan fingerprint density at radius 2 is 1.84 bits per heavy atom. The number of rotatable bonds is 3. The van der Waals surface area contributed by atoms with E-state index in [1.165, 1.54) is 31.4 Å². The van der Waals surface area contributed by atoms with Crippen molar-refractivity contribution in [2.24, 2.45) is 5.92 Å². The van der Waals surface area contributed by atoms with Gasteiger partial charge in [0.1, 0.15) is 11.7 Å². The third kappa shape index (κ3) is 3.09. The van der Waals surface area contributed by atoms with Crippen LogP contribution in [0.3, 0.4) is 0 Å². The van der Waals surface area contributed by atoms with E-state index in [4.69, 9.17) is 0 Å². The summed E-state index contributed by atoms with van der Waals surface area (Å²) in [4.78, 5) is 25.8. The smallest absolute Gasteiger partial charge is 0.298 e. The summed E-state index contributed by atoms with van der Waals surface area (Å²) >= 11 is 0. The molecule has 1 aromatic carbocycles. The monoisotopic (exact) mass is 346 g/mol. The van der Waals surface area contributed by atoms with E-state index in [0.717, 1.165) is 25.1 Å². The number of carbonyl (C=O) groups excluding carboxylic acids is 1. The number of hydrogen-bond donors (Lipinski definition) is 0. The van der Waals surface area contributed by atoms with Gasteiger partial charge in [0.15, 0.2) is 0 Å². The number of likely N-dealkylation sites (N-methyl/N-ethyl adjacent to an activating group) is 2. The molecular formula is C19H28N3O3+. The van der Waals surface area contributed by atoms with Crippen LogP contribution in [0.15, 0.2) is 24.3 Å². The molecule has 0 aromatic heterocycles. The van der Waals surface area contributed by atoms with Gasteiger partial charge in [0.25, 0.3) is 5.69 Å². The maximum atomic E-state index is 12.8. The lowest BCUT2D eigenvalue weighted by Crippen LogP contribution is -2.67. The number of piperidine rings is 1. The van der Waals surface area contributed by atoms with E-state index < -0.39 is 4.92 Å². The van der Waals surface area contributed by atoms with Crippen molar-refractivity contribution in [1.29, 1.82) is 0 Å². The van der Waals surface area contributed by atoms with Gasteiger partial charge in [-0.3, -0.25) is 15.0 Å². The van der Waals surface area contributed by atoms with Crippen molar-refractivity contribution in [2.75, 3.05) is 20.6 Å². The van der Waals surface area contributed by atoms with Crippen molar-refractivity contribution in [3.05, 3.63) is 34.4 Å². The second-order valence-corrected chi connectivity index (χ2v) is 7.74. The van der Waals surface area contributed by atoms with E-state index in [1.54, 1.807) is 19.1 Å². The first-order chi connectivity index (χ1) is 11.9. The number of nitro benzene ring substituents is 1. The molecule has 136 valence electrons. The Morgan fingerprint density at radius 1 is 1.20 bits per heavy atom. The van der Waals surface area contributed by atoms with Crippen LogP contribution in [0.4, 0.5) is 11.4 Å². The third-order valence-corrected chi connectivity index (χ3v) is 6.46. The van der Waals surface area contributed by atoms with Crippen molar-refractivity contribution in [3.8, 4) is 0 Å². The molecule has 4 atom stereocenters. The summed E-state index contributed by atoms with van der Waals surface area (Å²) in [6.07, 6.45) is 5.87. The summed E-state index contributed by atoms with van der Waals surface area (Å²) in [5.74, 6) is 0.742. The van der Waals surface area contributed by atoms with Crippen molar-refractivity contribution < 1.29 is 9.72 Å². The van der Waals surface area contributed by atoms with Gasteiger partial charge in [-0.25, -0.2) is 9.28 Å². The second-order valence-electron chi connectivity index (χ2n) is 7.74.